The van der Waals surface area contributed by atoms with E-state index < -0.39 is 11.7 Å². The highest BCUT2D eigenvalue weighted by Crippen LogP contribution is 2.18. The molecule has 0 fully saturated rings. The Bertz CT molecular complexity index is 954. The van der Waals surface area contributed by atoms with E-state index in [4.69, 9.17) is 28.6 Å². The Morgan fingerprint density at radius 3 is 2.92 bits per heavy atom. The summed E-state index contributed by atoms with van der Waals surface area (Å²) in [6.45, 7) is 0.516. The lowest BCUT2D eigenvalue weighted by Crippen LogP contribution is -2.28. The van der Waals surface area contributed by atoms with E-state index in [2.05, 4.69) is 15.3 Å². The minimum Gasteiger partial charge on any atom is -0.492 e. The second-order valence-electron chi connectivity index (χ2n) is 5.02. The Hall–Kier alpha value is -2.38. The van der Waals surface area contributed by atoms with Crippen molar-refractivity contribution in [2.75, 3.05) is 13.2 Å². The van der Waals surface area contributed by atoms with Gasteiger partial charge in [0.1, 0.15) is 18.2 Å². The molecule has 0 aliphatic heterocycles. The van der Waals surface area contributed by atoms with E-state index in [0.29, 0.717) is 26.6 Å². The SMILES string of the molecule is O=C(NCCOc1cccc(Cl)c1)c1cc(F)cc2[nH]c(=S)[nH]c12. The van der Waals surface area contributed by atoms with Crippen molar-refractivity contribution >= 4 is 40.8 Å². The average molecular weight is 366 g/mol. The lowest BCUT2D eigenvalue weighted by atomic mass is 10.1. The normalized spacial score (nSPS) is 10.8. The summed E-state index contributed by atoms with van der Waals surface area (Å²) in [5.74, 6) is -0.327. The third-order valence-corrected chi connectivity index (χ3v) is 3.73. The number of amides is 1. The first kappa shape index (κ1) is 16.5. The number of imidazole rings is 1. The van der Waals surface area contributed by atoms with E-state index in [1.807, 2.05) is 0 Å². The summed E-state index contributed by atoms with van der Waals surface area (Å²) in [5.41, 5.74) is 1.09. The second-order valence-corrected chi connectivity index (χ2v) is 5.86. The molecular formula is C16H13ClFN3O2S. The van der Waals surface area contributed by atoms with Gasteiger partial charge in [0, 0.05) is 5.02 Å². The van der Waals surface area contributed by atoms with Crippen LogP contribution in [0.1, 0.15) is 10.4 Å². The van der Waals surface area contributed by atoms with Gasteiger partial charge in [0.2, 0.25) is 0 Å². The molecule has 0 bridgehead atoms. The number of nitrogens with one attached hydrogen (secondary N) is 3. The molecule has 1 aromatic heterocycles. The molecule has 1 heterocycles. The maximum atomic E-state index is 13.6. The zero-order chi connectivity index (χ0) is 17.1. The molecule has 0 aliphatic rings. The fourth-order valence-corrected chi connectivity index (χ4v) is 2.66. The third kappa shape index (κ3) is 3.74. The molecule has 0 atom stereocenters. The van der Waals surface area contributed by atoms with Crippen LogP contribution in [0.4, 0.5) is 4.39 Å². The molecule has 0 radical (unpaired) electrons. The van der Waals surface area contributed by atoms with Crippen molar-refractivity contribution in [3.8, 4) is 5.75 Å². The van der Waals surface area contributed by atoms with Gasteiger partial charge in [0.25, 0.3) is 5.91 Å². The van der Waals surface area contributed by atoms with E-state index in [-0.39, 0.29) is 18.7 Å². The number of aromatic amines is 2. The molecule has 0 aliphatic carbocycles. The minimum atomic E-state index is -0.520. The molecule has 0 unspecified atom stereocenters. The second kappa shape index (κ2) is 7.02. The van der Waals surface area contributed by atoms with Crippen LogP contribution >= 0.6 is 23.8 Å². The van der Waals surface area contributed by atoms with Crippen molar-refractivity contribution in [3.05, 3.63) is 57.6 Å². The Balaban J connectivity index is 1.64. The highest BCUT2D eigenvalue weighted by Gasteiger charge is 2.13. The van der Waals surface area contributed by atoms with Crippen LogP contribution in [-0.4, -0.2) is 29.0 Å². The fourth-order valence-electron chi connectivity index (χ4n) is 2.27. The van der Waals surface area contributed by atoms with E-state index >= 15 is 0 Å². The number of hydrogen-bond donors (Lipinski definition) is 3. The van der Waals surface area contributed by atoms with Crippen molar-refractivity contribution in [3.63, 3.8) is 0 Å². The number of H-pyrrole nitrogens is 2. The van der Waals surface area contributed by atoms with Crippen molar-refractivity contribution in [1.82, 2.24) is 15.3 Å². The quantitative estimate of drug-likeness (QED) is 0.475. The van der Waals surface area contributed by atoms with Gasteiger partial charge in [-0.15, -0.1) is 0 Å². The van der Waals surface area contributed by atoms with Crippen molar-refractivity contribution in [2.24, 2.45) is 0 Å². The zero-order valence-corrected chi connectivity index (χ0v) is 13.9. The summed E-state index contributed by atoms with van der Waals surface area (Å²) in [6.07, 6.45) is 0. The van der Waals surface area contributed by atoms with Crippen LogP contribution in [0.2, 0.25) is 5.02 Å². The highest BCUT2D eigenvalue weighted by molar-refractivity contribution is 7.71. The number of hydrogen-bond acceptors (Lipinski definition) is 3. The van der Waals surface area contributed by atoms with Crippen LogP contribution in [0.3, 0.4) is 0 Å². The molecule has 8 heteroatoms. The molecule has 0 spiro atoms. The largest absolute Gasteiger partial charge is 0.492 e. The van der Waals surface area contributed by atoms with Crippen molar-refractivity contribution in [2.45, 2.75) is 0 Å². The average Bonchev–Trinajstić information content (AvgIpc) is 2.90. The predicted octanol–water partition coefficient (Wildman–Crippen LogP) is 3.83. The molecule has 1 amide bonds. The number of carbonyl (C=O) groups is 1. The molecule has 3 rings (SSSR count). The predicted molar refractivity (Wildman–Crippen MR) is 92.7 cm³/mol. The lowest BCUT2D eigenvalue weighted by molar-refractivity contribution is 0.0948. The Labute approximate surface area is 146 Å². The Morgan fingerprint density at radius 2 is 2.12 bits per heavy atom. The first-order valence-electron chi connectivity index (χ1n) is 7.11. The van der Waals surface area contributed by atoms with Crippen LogP contribution in [0.5, 0.6) is 5.75 Å². The summed E-state index contributed by atoms with van der Waals surface area (Å²) in [6, 6.07) is 9.40. The number of ether oxygens (including phenoxy) is 1. The number of halogens is 2. The van der Waals surface area contributed by atoms with Crippen LogP contribution in [0, 0.1) is 10.6 Å². The molecule has 3 aromatic rings. The van der Waals surface area contributed by atoms with Gasteiger partial charge in [0.15, 0.2) is 4.77 Å². The summed E-state index contributed by atoms with van der Waals surface area (Å²) < 4.78 is 19.4. The van der Waals surface area contributed by atoms with Gasteiger partial charge >= 0.3 is 0 Å². The van der Waals surface area contributed by atoms with E-state index in [1.165, 1.54) is 6.07 Å². The van der Waals surface area contributed by atoms with Crippen LogP contribution in [0.15, 0.2) is 36.4 Å². The summed E-state index contributed by atoms with van der Waals surface area (Å²) in [7, 11) is 0. The number of benzene rings is 2. The Kier molecular flexibility index (Phi) is 4.82. The summed E-state index contributed by atoms with van der Waals surface area (Å²) in [5, 5.41) is 3.25. The summed E-state index contributed by atoms with van der Waals surface area (Å²) >= 11 is 10.8. The van der Waals surface area contributed by atoms with Gasteiger partial charge in [-0.25, -0.2) is 4.39 Å². The van der Waals surface area contributed by atoms with Crippen LogP contribution in [0.25, 0.3) is 11.0 Å². The zero-order valence-electron chi connectivity index (χ0n) is 12.4. The van der Waals surface area contributed by atoms with Gasteiger partial charge in [0.05, 0.1) is 23.1 Å². The molecule has 0 saturated carbocycles. The maximum Gasteiger partial charge on any atom is 0.253 e. The van der Waals surface area contributed by atoms with Crippen LogP contribution in [-0.2, 0) is 0 Å². The minimum absolute atomic E-state index is 0.181. The van der Waals surface area contributed by atoms with Gasteiger partial charge in [-0.3, -0.25) is 4.79 Å². The van der Waals surface area contributed by atoms with E-state index in [1.54, 1.807) is 24.3 Å². The topological polar surface area (TPSA) is 69.9 Å². The first-order valence-corrected chi connectivity index (χ1v) is 7.89. The number of fused-ring (bicyclic) bond motifs is 1. The molecule has 2 aromatic carbocycles. The van der Waals surface area contributed by atoms with Crippen LogP contribution < -0.4 is 10.1 Å². The van der Waals surface area contributed by atoms with Gasteiger partial charge in [-0.1, -0.05) is 17.7 Å². The number of rotatable bonds is 5. The standard InChI is InChI=1S/C16H13ClFN3O2S/c17-9-2-1-3-11(6-9)23-5-4-19-15(22)12-7-10(18)8-13-14(12)21-16(24)20-13/h1-3,6-8H,4-5H2,(H,19,22)(H2,20,21,24). The summed E-state index contributed by atoms with van der Waals surface area (Å²) in [4.78, 5) is 17.9. The van der Waals surface area contributed by atoms with Crippen molar-refractivity contribution < 1.29 is 13.9 Å². The van der Waals surface area contributed by atoms with E-state index in [9.17, 15) is 9.18 Å². The maximum absolute atomic E-state index is 13.6. The van der Waals surface area contributed by atoms with Gasteiger partial charge in [-0.05, 0) is 42.5 Å². The molecular weight excluding hydrogens is 353 g/mol. The highest BCUT2D eigenvalue weighted by atomic mass is 35.5. The third-order valence-electron chi connectivity index (χ3n) is 3.29. The van der Waals surface area contributed by atoms with E-state index in [0.717, 1.165) is 6.07 Å². The van der Waals surface area contributed by atoms with Gasteiger partial charge in [-0.2, -0.15) is 0 Å². The first-order chi connectivity index (χ1) is 11.5. The Morgan fingerprint density at radius 1 is 1.29 bits per heavy atom. The molecule has 124 valence electrons. The van der Waals surface area contributed by atoms with Crippen molar-refractivity contribution in [1.29, 1.82) is 0 Å². The molecule has 24 heavy (non-hydrogen) atoms. The molecule has 5 nitrogen and oxygen atoms in total. The molecule has 0 saturated heterocycles. The lowest BCUT2D eigenvalue weighted by Gasteiger charge is -2.08. The molecule has 3 N–H and O–H groups in total. The fraction of sp³-hybridized carbons (Fsp3) is 0.125. The number of carbonyl (C=O) groups excluding carboxylic acids is 1. The van der Waals surface area contributed by atoms with Gasteiger partial charge < -0.3 is 20.0 Å². The smallest absolute Gasteiger partial charge is 0.253 e. The number of aromatic nitrogens is 2. The monoisotopic (exact) mass is 365 g/mol.